The summed E-state index contributed by atoms with van der Waals surface area (Å²) in [6, 6.07) is 5.63. The fourth-order valence-corrected chi connectivity index (χ4v) is 3.49. The Hall–Kier alpha value is -2.43. The molecule has 0 aliphatic heterocycles. The molecule has 0 bridgehead atoms. The maximum Gasteiger partial charge on any atom is 0.261 e. The van der Waals surface area contributed by atoms with E-state index < -0.39 is 0 Å². The molecular weight excluding hydrogens is 326 g/mol. The van der Waals surface area contributed by atoms with Crippen LogP contribution in [0.3, 0.4) is 0 Å². The van der Waals surface area contributed by atoms with Crippen molar-refractivity contribution < 1.29 is 4.79 Å². The first-order valence-electron chi connectivity index (χ1n) is 9.54. The molecule has 5 heteroatoms. The first kappa shape index (κ1) is 18.4. The number of aromatic nitrogens is 2. The fraction of sp³-hybridized carbons (Fsp3) is 0.476. The van der Waals surface area contributed by atoms with Crippen molar-refractivity contribution in [3.63, 3.8) is 0 Å². The Balaban J connectivity index is 1.46. The van der Waals surface area contributed by atoms with Crippen LogP contribution < -0.4 is 10.9 Å². The van der Waals surface area contributed by atoms with E-state index in [0.29, 0.717) is 31.3 Å². The van der Waals surface area contributed by atoms with Crippen molar-refractivity contribution in [2.75, 3.05) is 6.54 Å². The summed E-state index contributed by atoms with van der Waals surface area (Å²) in [5.41, 5.74) is 3.19. The third-order valence-corrected chi connectivity index (χ3v) is 5.01. The summed E-state index contributed by atoms with van der Waals surface area (Å²) in [6.07, 6.45) is 10.8. The van der Waals surface area contributed by atoms with E-state index in [-0.39, 0.29) is 11.5 Å². The van der Waals surface area contributed by atoms with Crippen LogP contribution >= 0.6 is 0 Å². The second-order valence-electron chi connectivity index (χ2n) is 7.03. The quantitative estimate of drug-likeness (QED) is 0.775. The van der Waals surface area contributed by atoms with Crippen LogP contribution in [0.5, 0.6) is 0 Å². The molecule has 0 fully saturated rings. The molecule has 0 radical (unpaired) electrons. The molecule has 5 nitrogen and oxygen atoms in total. The van der Waals surface area contributed by atoms with Gasteiger partial charge in [0.15, 0.2) is 0 Å². The highest BCUT2D eigenvalue weighted by Crippen LogP contribution is 2.19. The van der Waals surface area contributed by atoms with E-state index in [0.717, 1.165) is 17.5 Å². The summed E-state index contributed by atoms with van der Waals surface area (Å²) >= 11 is 0. The summed E-state index contributed by atoms with van der Waals surface area (Å²) in [6.45, 7) is 3.17. The van der Waals surface area contributed by atoms with E-state index in [1.807, 2.05) is 19.1 Å². The smallest absolute Gasteiger partial charge is 0.261 e. The van der Waals surface area contributed by atoms with Crippen LogP contribution in [0.25, 0.3) is 10.9 Å². The van der Waals surface area contributed by atoms with E-state index in [1.54, 1.807) is 17.0 Å². The molecule has 0 unspecified atom stereocenters. The average Bonchev–Trinajstić information content (AvgIpc) is 2.65. The standard InChI is InChI=1S/C21H27N3O2/c1-16-7-5-10-18-20(16)23-15-24(21(18)26)14-6-11-19(25)22-13-12-17-8-3-2-4-9-17/h5,7-8,10,15H,2-4,6,9,11-14H2,1H3,(H,22,25). The molecule has 1 heterocycles. The van der Waals surface area contributed by atoms with Gasteiger partial charge in [-0.3, -0.25) is 14.2 Å². The number of carbonyl (C=O) groups is 1. The van der Waals surface area contributed by atoms with Crippen LogP contribution in [0.1, 0.15) is 50.5 Å². The Morgan fingerprint density at radius 1 is 1.31 bits per heavy atom. The third kappa shape index (κ3) is 4.59. The monoisotopic (exact) mass is 353 g/mol. The zero-order chi connectivity index (χ0) is 18.4. The Morgan fingerprint density at radius 3 is 3.00 bits per heavy atom. The zero-order valence-corrected chi connectivity index (χ0v) is 15.5. The molecule has 1 aromatic carbocycles. The van der Waals surface area contributed by atoms with Gasteiger partial charge in [0.05, 0.1) is 17.2 Å². The predicted molar refractivity (Wildman–Crippen MR) is 104 cm³/mol. The number of fused-ring (bicyclic) bond motifs is 1. The number of nitrogens with zero attached hydrogens (tertiary/aromatic N) is 2. The summed E-state index contributed by atoms with van der Waals surface area (Å²) in [4.78, 5) is 28.9. The number of carbonyl (C=O) groups excluding carboxylic acids is 1. The maximum atomic E-state index is 12.5. The summed E-state index contributed by atoms with van der Waals surface area (Å²) in [5.74, 6) is 0.0547. The lowest BCUT2D eigenvalue weighted by molar-refractivity contribution is -0.121. The Labute approximate surface area is 154 Å². The van der Waals surface area contributed by atoms with Crippen LogP contribution in [-0.4, -0.2) is 22.0 Å². The van der Waals surface area contributed by atoms with Gasteiger partial charge < -0.3 is 5.32 Å². The van der Waals surface area contributed by atoms with Gasteiger partial charge in [-0.05, 0) is 57.1 Å². The number of aryl methyl sites for hydroxylation is 2. The lowest BCUT2D eigenvalue weighted by atomic mass is 9.97. The molecular formula is C21H27N3O2. The van der Waals surface area contributed by atoms with Gasteiger partial charge in [-0.15, -0.1) is 0 Å². The number of rotatable bonds is 7. The molecule has 3 rings (SSSR count). The average molecular weight is 353 g/mol. The number of nitrogens with one attached hydrogen (secondary N) is 1. The summed E-state index contributed by atoms with van der Waals surface area (Å²) in [5, 5.41) is 3.62. The van der Waals surface area contributed by atoms with E-state index in [9.17, 15) is 9.59 Å². The molecule has 0 saturated heterocycles. The van der Waals surface area contributed by atoms with Gasteiger partial charge in [-0.25, -0.2) is 4.98 Å². The van der Waals surface area contributed by atoms with Crippen LogP contribution in [-0.2, 0) is 11.3 Å². The molecule has 1 aliphatic carbocycles. The summed E-state index contributed by atoms with van der Waals surface area (Å²) in [7, 11) is 0. The van der Waals surface area contributed by atoms with E-state index in [2.05, 4.69) is 16.4 Å². The largest absolute Gasteiger partial charge is 0.356 e. The van der Waals surface area contributed by atoms with E-state index in [1.165, 1.54) is 31.3 Å². The minimum absolute atomic E-state index is 0.0386. The van der Waals surface area contributed by atoms with Gasteiger partial charge in [0, 0.05) is 19.5 Å². The number of hydrogen-bond acceptors (Lipinski definition) is 3. The maximum absolute atomic E-state index is 12.5. The molecule has 0 saturated carbocycles. The molecule has 138 valence electrons. The van der Waals surface area contributed by atoms with Gasteiger partial charge >= 0.3 is 0 Å². The van der Waals surface area contributed by atoms with Gasteiger partial charge in [0.1, 0.15) is 0 Å². The molecule has 1 N–H and O–H groups in total. The topological polar surface area (TPSA) is 64.0 Å². The first-order valence-corrected chi connectivity index (χ1v) is 9.54. The molecule has 1 amide bonds. The van der Waals surface area contributed by atoms with Crippen LogP contribution in [0.4, 0.5) is 0 Å². The summed E-state index contributed by atoms with van der Waals surface area (Å²) < 4.78 is 1.60. The van der Waals surface area contributed by atoms with Crippen molar-refractivity contribution in [2.24, 2.45) is 0 Å². The minimum Gasteiger partial charge on any atom is -0.356 e. The van der Waals surface area contributed by atoms with Gasteiger partial charge in [-0.1, -0.05) is 23.8 Å². The van der Waals surface area contributed by atoms with E-state index in [4.69, 9.17) is 0 Å². The zero-order valence-electron chi connectivity index (χ0n) is 15.5. The molecule has 1 aromatic heterocycles. The number of allylic oxidation sites excluding steroid dienone is 1. The number of benzene rings is 1. The van der Waals surface area contributed by atoms with Crippen molar-refractivity contribution in [3.8, 4) is 0 Å². The Kier molecular flexibility index (Phi) is 6.21. The Morgan fingerprint density at radius 2 is 2.19 bits per heavy atom. The van der Waals surface area contributed by atoms with Crippen molar-refractivity contribution in [2.45, 2.75) is 58.4 Å². The number of amides is 1. The van der Waals surface area contributed by atoms with Crippen molar-refractivity contribution in [1.82, 2.24) is 14.9 Å². The lowest BCUT2D eigenvalue weighted by Crippen LogP contribution is -2.26. The molecule has 0 atom stereocenters. The van der Waals surface area contributed by atoms with Gasteiger partial charge in [0.2, 0.25) is 5.91 Å². The van der Waals surface area contributed by atoms with Crippen LogP contribution in [0, 0.1) is 6.92 Å². The highest BCUT2D eigenvalue weighted by atomic mass is 16.1. The van der Waals surface area contributed by atoms with Gasteiger partial charge in [0.25, 0.3) is 5.56 Å². The highest BCUT2D eigenvalue weighted by Gasteiger charge is 2.08. The lowest BCUT2D eigenvalue weighted by Gasteiger charge is -2.13. The normalized spacial score (nSPS) is 14.3. The van der Waals surface area contributed by atoms with Crippen LogP contribution in [0.15, 0.2) is 41.0 Å². The molecule has 26 heavy (non-hydrogen) atoms. The van der Waals surface area contributed by atoms with Gasteiger partial charge in [-0.2, -0.15) is 0 Å². The molecule has 0 spiro atoms. The van der Waals surface area contributed by atoms with Crippen LogP contribution in [0.2, 0.25) is 0 Å². The molecule has 2 aromatic rings. The highest BCUT2D eigenvalue weighted by molar-refractivity contribution is 5.80. The molecule has 1 aliphatic rings. The Bertz CT molecular complexity index is 867. The van der Waals surface area contributed by atoms with Crippen molar-refractivity contribution in [1.29, 1.82) is 0 Å². The first-order chi connectivity index (χ1) is 12.6. The second-order valence-corrected chi connectivity index (χ2v) is 7.03. The minimum atomic E-state index is -0.0386. The number of para-hydroxylation sites is 1. The number of hydrogen-bond donors (Lipinski definition) is 1. The van der Waals surface area contributed by atoms with Crippen molar-refractivity contribution in [3.05, 3.63) is 52.1 Å². The third-order valence-electron chi connectivity index (χ3n) is 5.01. The van der Waals surface area contributed by atoms with E-state index >= 15 is 0 Å². The fourth-order valence-electron chi connectivity index (χ4n) is 3.49. The predicted octanol–water partition coefficient (Wildman–Crippen LogP) is 3.49. The second kappa shape index (κ2) is 8.79. The van der Waals surface area contributed by atoms with Crippen molar-refractivity contribution >= 4 is 16.8 Å². The SMILES string of the molecule is Cc1cccc2c(=O)n(CCCC(=O)NCCC3=CCCCC3)cnc12.